The van der Waals surface area contributed by atoms with Gasteiger partial charge in [-0.1, -0.05) is 25.4 Å². The minimum absolute atomic E-state index is 0.0580. The van der Waals surface area contributed by atoms with Gasteiger partial charge >= 0.3 is 0 Å². The Morgan fingerprint density at radius 3 is 2.48 bits per heavy atom. The lowest BCUT2D eigenvalue weighted by atomic mass is 10.0. The number of hydrogen-bond donors (Lipinski definition) is 1. The summed E-state index contributed by atoms with van der Waals surface area (Å²) in [7, 11) is 0. The zero-order valence-electron chi connectivity index (χ0n) is 18.2. The van der Waals surface area contributed by atoms with Gasteiger partial charge in [0.15, 0.2) is 0 Å². The van der Waals surface area contributed by atoms with Crippen molar-refractivity contribution < 1.29 is 14.5 Å². The summed E-state index contributed by atoms with van der Waals surface area (Å²) in [6, 6.07) is 8.24. The van der Waals surface area contributed by atoms with E-state index in [4.69, 9.17) is 16.9 Å². The van der Waals surface area contributed by atoms with E-state index in [0.717, 1.165) is 6.07 Å². The molecular formula is C22H23ClN6O4. The van der Waals surface area contributed by atoms with Gasteiger partial charge in [0, 0.05) is 44.5 Å². The van der Waals surface area contributed by atoms with Crippen LogP contribution < -0.4 is 10.2 Å². The average molecular weight is 471 g/mol. The summed E-state index contributed by atoms with van der Waals surface area (Å²) in [5.41, 5.74) is 0.362. The second-order valence-electron chi connectivity index (χ2n) is 7.94. The van der Waals surface area contributed by atoms with Crippen LogP contribution >= 0.6 is 11.6 Å². The first-order valence-electron chi connectivity index (χ1n) is 10.4. The molecule has 10 nitrogen and oxygen atoms in total. The Bertz CT molecular complexity index is 1110. The quantitative estimate of drug-likeness (QED) is 0.506. The third kappa shape index (κ3) is 5.56. The molecule has 0 spiro atoms. The molecule has 2 aromatic rings. The van der Waals surface area contributed by atoms with Crippen molar-refractivity contribution in [3.05, 3.63) is 62.8 Å². The van der Waals surface area contributed by atoms with Gasteiger partial charge in [0.1, 0.15) is 11.9 Å². The van der Waals surface area contributed by atoms with Gasteiger partial charge in [0.05, 0.1) is 27.1 Å². The predicted molar refractivity (Wildman–Crippen MR) is 122 cm³/mol. The Morgan fingerprint density at radius 1 is 1.21 bits per heavy atom. The summed E-state index contributed by atoms with van der Waals surface area (Å²) < 4.78 is 0. The number of nitrogens with zero attached hydrogens (tertiary/aromatic N) is 5. The van der Waals surface area contributed by atoms with Gasteiger partial charge in [0.2, 0.25) is 5.91 Å². The molecule has 1 aromatic heterocycles. The van der Waals surface area contributed by atoms with Crippen LogP contribution in [-0.2, 0) is 4.79 Å². The van der Waals surface area contributed by atoms with Crippen molar-refractivity contribution in [2.24, 2.45) is 5.92 Å². The average Bonchev–Trinajstić information content (AvgIpc) is 2.81. The van der Waals surface area contributed by atoms with Gasteiger partial charge in [-0.2, -0.15) is 5.26 Å². The highest BCUT2D eigenvalue weighted by molar-refractivity contribution is 6.34. The largest absolute Gasteiger partial charge is 0.353 e. The molecule has 0 saturated carbocycles. The standard InChI is InChI=1S/C22H23ClN6O4/c1-14(2)20(26-21(30)17-4-3-16(29(32)33)12-18(17)23)22(31)28-9-7-27(8-10-28)19-11-15(13-24)5-6-25-19/h3-6,11-12,14,20H,7-10H2,1-2H3,(H,26,30). The fourth-order valence-corrected chi connectivity index (χ4v) is 3.81. The number of non-ortho nitro benzene ring substituents is 1. The van der Waals surface area contributed by atoms with Crippen molar-refractivity contribution in [3.63, 3.8) is 0 Å². The third-order valence-corrected chi connectivity index (χ3v) is 5.73. The van der Waals surface area contributed by atoms with Crippen molar-refractivity contribution in [2.45, 2.75) is 19.9 Å². The topological polar surface area (TPSA) is 132 Å². The molecule has 0 radical (unpaired) electrons. The molecule has 2 heterocycles. The molecule has 1 aromatic carbocycles. The van der Waals surface area contributed by atoms with Crippen LogP contribution in [0.2, 0.25) is 5.02 Å². The number of anilines is 1. The zero-order chi connectivity index (χ0) is 24.1. The number of aromatic nitrogens is 1. The maximum Gasteiger partial charge on any atom is 0.270 e. The fourth-order valence-electron chi connectivity index (χ4n) is 3.55. The number of carbonyl (C=O) groups excluding carboxylic acids is 2. The number of hydrogen-bond acceptors (Lipinski definition) is 7. The van der Waals surface area contributed by atoms with Crippen molar-refractivity contribution in [1.29, 1.82) is 5.26 Å². The van der Waals surface area contributed by atoms with E-state index in [-0.39, 0.29) is 28.1 Å². The smallest absolute Gasteiger partial charge is 0.270 e. The van der Waals surface area contributed by atoms with Crippen molar-refractivity contribution in [3.8, 4) is 6.07 Å². The van der Waals surface area contributed by atoms with Crippen LogP contribution in [0.5, 0.6) is 0 Å². The van der Waals surface area contributed by atoms with E-state index in [1.807, 2.05) is 18.7 Å². The number of nitro groups is 1. The number of piperazine rings is 1. The number of carbonyl (C=O) groups is 2. The van der Waals surface area contributed by atoms with E-state index in [0.29, 0.717) is 37.6 Å². The van der Waals surface area contributed by atoms with Crippen molar-refractivity contribution in [2.75, 3.05) is 31.1 Å². The van der Waals surface area contributed by atoms with Crippen LogP contribution in [0, 0.1) is 27.4 Å². The molecular weight excluding hydrogens is 448 g/mol. The Balaban J connectivity index is 1.66. The van der Waals surface area contributed by atoms with Crippen LogP contribution in [0.1, 0.15) is 29.8 Å². The normalized spacial score (nSPS) is 14.5. The Kier molecular flexibility index (Phi) is 7.45. The molecule has 1 fully saturated rings. The summed E-state index contributed by atoms with van der Waals surface area (Å²) in [6.45, 7) is 5.62. The minimum atomic E-state index is -0.782. The lowest BCUT2D eigenvalue weighted by Crippen LogP contribution is -2.56. The Hall–Kier alpha value is -3.71. The van der Waals surface area contributed by atoms with Gasteiger partial charge in [0.25, 0.3) is 11.6 Å². The zero-order valence-corrected chi connectivity index (χ0v) is 19.0. The maximum atomic E-state index is 13.2. The molecule has 3 rings (SSSR count). The Morgan fingerprint density at radius 2 is 1.91 bits per heavy atom. The number of amides is 2. The molecule has 0 bridgehead atoms. The lowest BCUT2D eigenvalue weighted by molar-refractivity contribution is -0.384. The van der Waals surface area contributed by atoms with Crippen molar-refractivity contribution >= 4 is 34.9 Å². The van der Waals surface area contributed by atoms with E-state index in [2.05, 4.69) is 16.4 Å². The fraction of sp³-hybridized carbons (Fsp3) is 0.364. The monoisotopic (exact) mass is 470 g/mol. The summed E-state index contributed by atoms with van der Waals surface area (Å²) in [6.07, 6.45) is 1.58. The minimum Gasteiger partial charge on any atom is -0.353 e. The number of rotatable bonds is 6. The SMILES string of the molecule is CC(C)C(NC(=O)c1ccc([N+](=O)[O-])cc1Cl)C(=O)N1CCN(c2cc(C#N)ccn2)CC1. The molecule has 172 valence electrons. The van der Waals surface area contributed by atoms with Crippen LogP contribution in [0.25, 0.3) is 0 Å². The second-order valence-corrected chi connectivity index (χ2v) is 8.35. The van der Waals surface area contributed by atoms with Crippen molar-refractivity contribution in [1.82, 2.24) is 15.2 Å². The number of halogens is 1. The molecule has 0 aliphatic carbocycles. The van der Waals surface area contributed by atoms with E-state index >= 15 is 0 Å². The first-order valence-corrected chi connectivity index (χ1v) is 10.7. The second kappa shape index (κ2) is 10.3. The molecule has 1 unspecified atom stereocenters. The molecule has 33 heavy (non-hydrogen) atoms. The predicted octanol–water partition coefficient (Wildman–Crippen LogP) is 2.62. The summed E-state index contributed by atoms with van der Waals surface area (Å²) in [4.78, 5) is 44.2. The lowest BCUT2D eigenvalue weighted by Gasteiger charge is -2.37. The summed E-state index contributed by atoms with van der Waals surface area (Å²) >= 11 is 6.06. The Labute approximate surface area is 195 Å². The molecule has 1 saturated heterocycles. The van der Waals surface area contributed by atoms with E-state index in [1.54, 1.807) is 23.2 Å². The molecule has 2 amide bonds. The number of nitriles is 1. The molecule has 1 aliphatic heterocycles. The van der Waals surface area contributed by atoms with Gasteiger partial charge < -0.3 is 15.1 Å². The van der Waals surface area contributed by atoms with Crippen LogP contribution in [0.3, 0.4) is 0 Å². The molecule has 1 N–H and O–H groups in total. The van der Waals surface area contributed by atoms with Gasteiger partial charge in [-0.05, 0) is 24.1 Å². The number of nitro benzene ring substituents is 1. The van der Waals surface area contributed by atoms with E-state index < -0.39 is 16.9 Å². The summed E-state index contributed by atoms with van der Waals surface area (Å²) in [5, 5.41) is 22.6. The van der Waals surface area contributed by atoms with Crippen LogP contribution in [0.15, 0.2) is 36.5 Å². The summed E-state index contributed by atoms with van der Waals surface area (Å²) in [5.74, 6) is -0.291. The third-order valence-electron chi connectivity index (χ3n) is 5.42. The van der Waals surface area contributed by atoms with E-state index in [9.17, 15) is 19.7 Å². The number of pyridine rings is 1. The number of nitrogens with one attached hydrogen (secondary N) is 1. The number of benzene rings is 1. The first kappa shape index (κ1) is 23.9. The van der Waals surface area contributed by atoms with E-state index in [1.165, 1.54) is 12.1 Å². The first-order chi connectivity index (χ1) is 15.7. The van der Waals surface area contributed by atoms with Gasteiger partial charge in [-0.3, -0.25) is 19.7 Å². The highest BCUT2D eigenvalue weighted by Gasteiger charge is 2.31. The van der Waals surface area contributed by atoms with Crippen LogP contribution in [-0.4, -0.2) is 58.8 Å². The molecule has 1 atom stereocenters. The molecule has 11 heteroatoms. The highest BCUT2D eigenvalue weighted by Crippen LogP contribution is 2.23. The maximum absolute atomic E-state index is 13.2. The van der Waals surface area contributed by atoms with Crippen LogP contribution in [0.4, 0.5) is 11.5 Å². The molecule has 1 aliphatic rings. The van der Waals surface area contributed by atoms with Gasteiger partial charge in [-0.15, -0.1) is 0 Å². The highest BCUT2D eigenvalue weighted by atomic mass is 35.5. The van der Waals surface area contributed by atoms with Gasteiger partial charge in [-0.25, -0.2) is 4.98 Å².